The first kappa shape index (κ1) is 27.5. The second-order valence-electron chi connectivity index (χ2n) is 7.92. The Morgan fingerprint density at radius 3 is 2.30 bits per heavy atom. The third-order valence-corrected chi connectivity index (χ3v) is 6.84. The number of hydrogen-bond acceptors (Lipinski definition) is 3. The second kappa shape index (κ2) is 13.2. The van der Waals surface area contributed by atoms with Crippen molar-refractivity contribution in [3.8, 4) is 5.75 Å². The molecule has 2 aromatic rings. The summed E-state index contributed by atoms with van der Waals surface area (Å²) in [4.78, 5) is 27.9. The first-order chi connectivity index (χ1) is 15.7. The van der Waals surface area contributed by atoms with Crippen LogP contribution in [0.1, 0.15) is 51.7 Å². The Kier molecular flexibility index (Phi) is 11.0. The van der Waals surface area contributed by atoms with Gasteiger partial charge in [0.2, 0.25) is 5.91 Å². The highest BCUT2D eigenvalue weighted by Gasteiger charge is 2.29. The van der Waals surface area contributed by atoms with Gasteiger partial charge >= 0.3 is 0 Å². The van der Waals surface area contributed by atoms with Gasteiger partial charge in [0.05, 0.1) is 14.5 Å². The van der Waals surface area contributed by atoms with Crippen LogP contribution < -0.4 is 10.1 Å². The molecule has 8 heteroatoms. The number of amides is 2. The van der Waals surface area contributed by atoms with Gasteiger partial charge in [0.15, 0.2) is 6.61 Å². The summed E-state index contributed by atoms with van der Waals surface area (Å²) in [5.74, 6) is 0.0968. The van der Waals surface area contributed by atoms with Crippen LogP contribution in [0.5, 0.6) is 5.75 Å². The van der Waals surface area contributed by atoms with Crippen LogP contribution in [0.3, 0.4) is 0 Å². The molecule has 0 aromatic heterocycles. The zero-order valence-electron chi connectivity index (χ0n) is 19.5. The monoisotopic (exact) mass is 556 g/mol. The molecule has 2 atom stereocenters. The van der Waals surface area contributed by atoms with E-state index in [0.29, 0.717) is 22.2 Å². The average Bonchev–Trinajstić information content (AvgIpc) is 2.79. The summed E-state index contributed by atoms with van der Waals surface area (Å²) in [5, 5.41) is 3.82. The standard InChI is InChI=1S/C25H31BrCl2N2O3/c1-5-16(4)29-25(32)22(7-3)30(14-18-8-10-20(27)21(28)13-18)24(31)15-33-23-11-9-17(6-2)12-19(23)26/h8-13,16,22H,5-7,14-15H2,1-4H3,(H,29,32). The third kappa shape index (κ3) is 7.90. The number of hydrogen-bond donors (Lipinski definition) is 1. The zero-order chi connectivity index (χ0) is 24.5. The van der Waals surface area contributed by atoms with Gasteiger partial charge in [-0.25, -0.2) is 0 Å². The number of ether oxygens (including phenoxy) is 1. The molecule has 0 heterocycles. The molecule has 2 aromatic carbocycles. The van der Waals surface area contributed by atoms with Crippen molar-refractivity contribution in [3.05, 3.63) is 62.0 Å². The van der Waals surface area contributed by atoms with E-state index in [-0.39, 0.29) is 31.0 Å². The van der Waals surface area contributed by atoms with Gasteiger partial charge in [-0.15, -0.1) is 0 Å². The normalized spacial score (nSPS) is 12.7. The predicted molar refractivity (Wildman–Crippen MR) is 138 cm³/mol. The van der Waals surface area contributed by atoms with Gasteiger partial charge in [-0.05, 0) is 77.5 Å². The van der Waals surface area contributed by atoms with Crippen LogP contribution in [-0.2, 0) is 22.6 Å². The van der Waals surface area contributed by atoms with Crippen molar-refractivity contribution in [1.29, 1.82) is 0 Å². The largest absolute Gasteiger partial charge is 0.483 e. The minimum absolute atomic E-state index is 0.0118. The molecule has 5 nitrogen and oxygen atoms in total. The van der Waals surface area contributed by atoms with Gasteiger partial charge in [0, 0.05) is 12.6 Å². The molecular formula is C25H31BrCl2N2O3. The van der Waals surface area contributed by atoms with Crippen molar-refractivity contribution in [2.75, 3.05) is 6.61 Å². The Labute approximate surface area is 214 Å². The molecule has 0 saturated carbocycles. The smallest absolute Gasteiger partial charge is 0.261 e. The van der Waals surface area contributed by atoms with Crippen molar-refractivity contribution in [3.63, 3.8) is 0 Å². The maximum Gasteiger partial charge on any atom is 0.261 e. The first-order valence-electron chi connectivity index (χ1n) is 11.1. The van der Waals surface area contributed by atoms with E-state index in [1.807, 2.05) is 39.0 Å². The Balaban J connectivity index is 2.26. The molecule has 180 valence electrons. The molecule has 2 amide bonds. The van der Waals surface area contributed by atoms with E-state index in [4.69, 9.17) is 27.9 Å². The summed E-state index contributed by atoms with van der Waals surface area (Å²) in [6, 6.07) is 10.3. The molecule has 33 heavy (non-hydrogen) atoms. The van der Waals surface area contributed by atoms with Crippen molar-refractivity contribution >= 4 is 50.9 Å². The van der Waals surface area contributed by atoms with Crippen LogP contribution >= 0.6 is 39.1 Å². The topological polar surface area (TPSA) is 58.6 Å². The highest BCUT2D eigenvalue weighted by molar-refractivity contribution is 9.10. The summed E-state index contributed by atoms with van der Waals surface area (Å²) in [6.45, 7) is 7.91. The van der Waals surface area contributed by atoms with Crippen LogP contribution in [0.25, 0.3) is 0 Å². The SMILES string of the molecule is CCc1ccc(OCC(=O)N(Cc2ccc(Cl)c(Cl)c2)C(CC)C(=O)NC(C)CC)c(Br)c1. The lowest BCUT2D eigenvalue weighted by Crippen LogP contribution is -2.51. The number of carbonyl (C=O) groups excluding carboxylic acids is 2. The number of aryl methyl sites for hydroxylation is 1. The Bertz CT molecular complexity index is 971. The molecule has 0 aliphatic carbocycles. The number of rotatable bonds is 11. The fourth-order valence-corrected chi connectivity index (χ4v) is 4.16. The molecule has 1 N–H and O–H groups in total. The molecule has 0 spiro atoms. The Hall–Kier alpha value is -1.76. The van der Waals surface area contributed by atoms with Crippen molar-refractivity contribution < 1.29 is 14.3 Å². The quantitative estimate of drug-likeness (QED) is 0.347. The molecule has 2 unspecified atom stereocenters. The number of nitrogens with one attached hydrogen (secondary N) is 1. The second-order valence-corrected chi connectivity index (χ2v) is 9.59. The van der Waals surface area contributed by atoms with E-state index < -0.39 is 6.04 Å². The minimum atomic E-state index is -0.643. The van der Waals surface area contributed by atoms with E-state index in [1.54, 1.807) is 23.1 Å². The molecule has 0 fully saturated rings. The highest BCUT2D eigenvalue weighted by atomic mass is 79.9. The van der Waals surface area contributed by atoms with Crippen molar-refractivity contribution in [2.24, 2.45) is 0 Å². The number of benzene rings is 2. The number of nitrogens with zero attached hydrogens (tertiary/aromatic N) is 1. The van der Waals surface area contributed by atoms with Crippen LogP contribution in [0.4, 0.5) is 0 Å². The van der Waals surface area contributed by atoms with Gasteiger partial charge in [0.25, 0.3) is 5.91 Å². The first-order valence-corrected chi connectivity index (χ1v) is 12.7. The third-order valence-electron chi connectivity index (χ3n) is 5.48. The van der Waals surface area contributed by atoms with Crippen LogP contribution in [0.15, 0.2) is 40.9 Å². The molecule has 0 bridgehead atoms. The van der Waals surface area contributed by atoms with Crippen LogP contribution in [0.2, 0.25) is 10.0 Å². The van der Waals surface area contributed by atoms with E-state index in [2.05, 4.69) is 28.2 Å². The molecule has 0 aliphatic rings. The fourth-order valence-electron chi connectivity index (χ4n) is 3.30. The number of halogens is 3. The summed E-state index contributed by atoms with van der Waals surface area (Å²) in [5.41, 5.74) is 1.94. The lowest BCUT2D eigenvalue weighted by molar-refractivity contribution is -0.143. The molecular weight excluding hydrogens is 527 g/mol. The van der Waals surface area contributed by atoms with Gasteiger partial charge < -0.3 is 15.0 Å². The van der Waals surface area contributed by atoms with E-state index in [9.17, 15) is 9.59 Å². The molecule has 2 rings (SSSR count). The highest BCUT2D eigenvalue weighted by Crippen LogP contribution is 2.27. The predicted octanol–water partition coefficient (Wildman–Crippen LogP) is 6.42. The molecule has 0 aliphatic heterocycles. The Morgan fingerprint density at radius 1 is 1.03 bits per heavy atom. The van der Waals surface area contributed by atoms with Gasteiger partial charge in [-0.2, -0.15) is 0 Å². The summed E-state index contributed by atoms with van der Waals surface area (Å²) < 4.78 is 6.60. The van der Waals surface area contributed by atoms with Crippen molar-refractivity contribution in [1.82, 2.24) is 10.2 Å². The van der Waals surface area contributed by atoms with E-state index in [0.717, 1.165) is 28.4 Å². The van der Waals surface area contributed by atoms with Gasteiger partial charge in [-0.1, -0.05) is 56.1 Å². The van der Waals surface area contributed by atoms with Gasteiger partial charge in [-0.3, -0.25) is 9.59 Å². The maximum absolute atomic E-state index is 13.3. The Morgan fingerprint density at radius 2 is 1.73 bits per heavy atom. The molecule has 0 saturated heterocycles. The molecule has 0 radical (unpaired) electrons. The lowest BCUT2D eigenvalue weighted by Gasteiger charge is -2.31. The number of carbonyl (C=O) groups is 2. The zero-order valence-corrected chi connectivity index (χ0v) is 22.6. The maximum atomic E-state index is 13.3. The van der Waals surface area contributed by atoms with E-state index >= 15 is 0 Å². The van der Waals surface area contributed by atoms with Gasteiger partial charge in [0.1, 0.15) is 11.8 Å². The minimum Gasteiger partial charge on any atom is -0.483 e. The van der Waals surface area contributed by atoms with E-state index in [1.165, 1.54) is 0 Å². The van der Waals surface area contributed by atoms with Crippen molar-refractivity contribution in [2.45, 2.75) is 65.6 Å². The summed E-state index contributed by atoms with van der Waals surface area (Å²) in [7, 11) is 0. The lowest BCUT2D eigenvalue weighted by atomic mass is 10.1. The van der Waals surface area contributed by atoms with Crippen LogP contribution in [-0.4, -0.2) is 35.4 Å². The fraction of sp³-hybridized carbons (Fsp3) is 0.440. The summed E-state index contributed by atoms with van der Waals surface area (Å²) >= 11 is 15.7. The average molecular weight is 558 g/mol. The van der Waals surface area contributed by atoms with Crippen LogP contribution in [0, 0.1) is 0 Å². The summed E-state index contributed by atoms with van der Waals surface area (Å²) in [6.07, 6.45) is 2.16.